The number of carbonyl (C=O) groups is 2. The van der Waals surface area contributed by atoms with E-state index in [9.17, 15) is 9.59 Å². The molecule has 1 fully saturated rings. The predicted molar refractivity (Wildman–Crippen MR) is 93.4 cm³/mol. The van der Waals surface area contributed by atoms with Crippen molar-refractivity contribution in [2.45, 2.75) is 19.8 Å². The van der Waals surface area contributed by atoms with E-state index in [-0.39, 0.29) is 24.2 Å². The van der Waals surface area contributed by atoms with Gasteiger partial charge in [0.05, 0.1) is 12.5 Å². The number of benzene rings is 1. The van der Waals surface area contributed by atoms with Gasteiger partial charge in [-0.1, -0.05) is 6.92 Å². The number of carbonyl (C=O) groups excluding carboxylic acids is 2. The van der Waals surface area contributed by atoms with E-state index in [1.165, 1.54) is 11.3 Å². The maximum absolute atomic E-state index is 12.3. The molecule has 3 rings (SSSR count). The molecule has 7 heteroatoms. The van der Waals surface area contributed by atoms with E-state index in [4.69, 9.17) is 4.74 Å². The molecule has 1 aromatic heterocycles. The van der Waals surface area contributed by atoms with Gasteiger partial charge >= 0.3 is 0 Å². The summed E-state index contributed by atoms with van der Waals surface area (Å²) in [6.45, 7) is 3.10. The molecular formula is C17H19N3O3S. The third-order valence-corrected chi connectivity index (χ3v) is 4.47. The molecule has 126 valence electrons. The van der Waals surface area contributed by atoms with Crippen LogP contribution in [0.2, 0.25) is 0 Å². The first-order valence-corrected chi connectivity index (χ1v) is 8.79. The lowest BCUT2D eigenvalue weighted by Crippen LogP contribution is -2.28. The lowest BCUT2D eigenvalue weighted by atomic mass is 10.1. The average molecular weight is 345 g/mol. The molecule has 0 spiro atoms. The van der Waals surface area contributed by atoms with Gasteiger partial charge in [0, 0.05) is 30.2 Å². The smallest absolute Gasteiger partial charge is 0.231 e. The molecule has 6 nitrogen and oxygen atoms in total. The molecular weight excluding hydrogens is 326 g/mol. The van der Waals surface area contributed by atoms with E-state index < -0.39 is 0 Å². The summed E-state index contributed by atoms with van der Waals surface area (Å²) in [7, 11) is 0. The fraction of sp³-hybridized carbons (Fsp3) is 0.353. The van der Waals surface area contributed by atoms with Crippen LogP contribution in [0, 0.1) is 5.92 Å². The van der Waals surface area contributed by atoms with Gasteiger partial charge < -0.3 is 15.0 Å². The zero-order valence-electron chi connectivity index (χ0n) is 13.4. The van der Waals surface area contributed by atoms with Crippen LogP contribution in [-0.4, -0.2) is 29.9 Å². The highest BCUT2D eigenvalue weighted by Crippen LogP contribution is 2.27. The van der Waals surface area contributed by atoms with Crippen LogP contribution in [0.25, 0.3) is 0 Å². The molecule has 0 saturated carbocycles. The normalized spacial score (nSPS) is 17.1. The number of nitrogens with one attached hydrogen (secondary N) is 1. The number of anilines is 2. The van der Waals surface area contributed by atoms with Crippen LogP contribution in [0.1, 0.15) is 19.8 Å². The summed E-state index contributed by atoms with van der Waals surface area (Å²) in [5.74, 6) is 0.211. The van der Waals surface area contributed by atoms with Crippen molar-refractivity contribution in [1.82, 2.24) is 4.98 Å². The van der Waals surface area contributed by atoms with Crippen LogP contribution >= 0.6 is 11.3 Å². The van der Waals surface area contributed by atoms with Crippen molar-refractivity contribution in [3.8, 4) is 5.75 Å². The molecule has 1 saturated heterocycles. The molecule has 1 aromatic carbocycles. The standard InChI is InChI=1S/C17H19N3O3S/c1-2-8-23-14-5-3-13(4-6-14)20-11-12(10-15(20)21)16(22)19-17-18-7-9-24-17/h3-7,9,12H,2,8,10-11H2,1H3,(H,18,19,22)/t12-/m1/s1. The number of thiazole rings is 1. The number of aromatic nitrogens is 1. The fourth-order valence-electron chi connectivity index (χ4n) is 2.57. The van der Waals surface area contributed by atoms with Crippen molar-refractivity contribution in [3.63, 3.8) is 0 Å². The molecule has 0 radical (unpaired) electrons. The Bertz CT molecular complexity index is 700. The van der Waals surface area contributed by atoms with Gasteiger partial charge in [0.25, 0.3) is 0 Å². The number of hydrogen-bond acceptors (Lipinski definition) is 5. The number of hydrogen-bond donors (Lipinski definition) is 1. The second kappa shape index (κ2) is 7.44. The van der Waals surface area contributed by atoms with Gasteiger partial charge in [0.2, 0.25) is 11.8 Å². The van der Waals surface area contributed by atoms with E-state index in [1.54, 1.807) is 16.5 Å². The number of rotatable bonds is 6. The average Bonchev–Trinajstić information content (AvgIpc) is 3.23. The topological polar surface area (TPSA) is 71.5 Å². The van der Waals surface area contributed by atoms with Crippen LogP contribution in [0.5, 0.6) is 5.75 Å². The Morgan fingerprint density at radius 2 is 2.21 bits per heavy atom. The van der Waals surface area contributed by atoms with Crippen LogP contribution in [0.4, 0.5) is 10.8 Å². The van der Waals surface area contributed by atoms with Crippen molar-refractivity contribution in [3.05, 3.63) is 35.8 Å². The van der Waals surface area contributed by atoms with Crippen molar-refractivity contribution in [2.24, 2.45) is 5.92 Å². The molecule has 1 atom stereocenters. The highest BCUT2D eigenvalue weighted by atomic mass is 32.1. The quantitative estimate of drug-likeness (QED) is 0.874. The Morgan fingerprint density at radius 3 is 2.88 bits per heavy atom. The molecule has 2 aromatic rings. The van der Waals surface area contributed by atoms with Crippen molar-refractivity contribution in [2.75, 3.05) is 23.4 Å². The second-order valence-corrected chi connectivity index (χ2v) is 6.47. The Hall–Kier alpha value is -2.41. The second-order valence-electron chi connectivity index (χ2n) is 5.57. The molecule has 2 heterocycles. The number of ether oxygens (including phenoxy) is 1. The summed E-state index contributed by atoms with van der Waals surface area (Å²) in [5.41, 5.74) is 0.786. The SMILES string of the molecule is CCCOc1ccc(N2C[C@H](C(=O)Nc3nccs3)CC2=O)cc1. The Labute approximate surface area is 144 Å². The number of amides is 2. The zero-order valence-corrected chi connectivity index (χ0v) is 14.2. The van der Waals surface area contributed by atoms with Gasteiger partial charge in [-0.25, -0.2) is 4.98 Å². The minimum absolute atomic E-state index is 0.0449. The minimum Gasteiger partial charge on any atom is -0.494 e. The van der Waals surface area contributed by atoms with E-state index in [2.05, 4.69) is 10.3 Å². The largest absolute Gasteiger partial charge is 0.494 e. The Balaban J connectivity index is 1.63. The summed E-state index contributed by atoms with van der Waals surface area (Å²) in [5, 5.41) is 5.11. The fourth-order valence-corrected chi connectivity index (χ4v) is 3.10. The van der Waals surface area contributed by atoms with Crippen LogP contribution < -0.4 is 15.0 Å². The first-order chi connectivity index (χ1) is 11.7. The summed E-state index contributed by atoms with van der Waals surface area (Å²) in [6, 6.07) is 7.40. The third-order valence-electron chi connectivity index (χ3n) is 3.78. The molecule has 1 aliphatic heterocycles. The molecule has 0 aliphatic carbocycles. The first-order valence-electron chi connectivity index (χ1n) is 7.91. The van der Waals surface area contributed by atoms with Crippen LogP contribution in [-0.2, 0) is 9.59 Å². The van der Waals surface area contributed by atoms with Gasteiger partial charge in [-0.15, -0.1) is 11.3 Å². The third kappa shape index (κ3) is 3.73. The molecule has 1 N–H and O–H groups in total. The molecule has 2 amide bonds. The molecule has 1 aliphatic rings. The molecule has 24 heavy (non-hydrogen) atoms. The summed E-state index contributed by atoms with van der Waals surface area (Å²) in [4.78, 5) is 30.2. The van der Waals surface area contributed by atoms with Crippen LogP contribution in [0.15, 0.2) is 35.8 Å². The van der Waals surface area contributed by atoms with Crippen molar-refractivity contribution in [1.29, 1.82) is 0 Å². The predicted octanol–water partition coefficient (Wildman–Crippen LogP) is 2.92. The highest BCUT2D eigenvalue weighted by molar-refractivity contribution is 7.13. The lowest BCUT2D eigenvalue weighted by Gasteiger charge is -2.17. The van der Waals surface area contributed by atoms with Crippen molar-refractivity contribution < 1.29 is 14.3 Å². The van der Waals surface area contributed by atoms with E-state index in [1.807, 2.05) is 31.2 Å². The van der Waals surface area contributed by atoms with Crippen molar-refractivity contribution >= 4 is 34.0 Å². The van der Waals surface area contributed by atoms with Gasteiger partial charge in [-0.05, 0) is 30.7 Å². The van der Waals surface area contributed by atoms with E-state index in [0.29, 0.717) is 18.3 Å². The minimum atomic E-state index is -0.364. The van der Waals surface area contributed by atoms with Crippen LogP contribution in [0.3, 0.4) is 0 Å². The van der Waals surface area contributed by atoms with E-state index in [0.717, 1.165) is 17.9 Å². The number of nitrogens with zero attached hydrogens (tertiary/aromatic N) is 2. The Kier molecular flexibility index (Phi) is 5.10. The maximum Gasteiger partial charge on any atom is 0.231 e. The summed E-state index contributed by atoms with van der Waals surface area (Å²) < 4.78 is 5.54. The highest BCUT2D eigenvalue weighted by Gasteiger charge is 2.35. The lowest BCUT2D eigenvalue weighted by molar-refractivity contribution is -0.122. The summed E-state index contributed by atoms with van der Waals surface area (Å²) >= 11 is 1.36. The zero-order chi connectivity index (χ0) is 16.9. The first kappa shape index (κ1) is 16.4. The summed E-state index contributed by atoms with van der Waals surface area (Å²) in [6.07, 6.45) is 2.79. The molecule has 0 bridgehead atoms. The monoisotopic (exact) mass is 345 g/mol. The maximum atomic E-state index is 12.3. The van der Waals surface area contributed by atoms with Gasteiger partial charge in [-0.3, -0.25) is 9.59 Å². The van der Waals surface area contributed by atoms with Gasteiger partial charge in [0.15, 0.2) is 5.13 Å². The van der Waals surface area contributed by atoms with Gasteiger partial charge in [-0.2, -0.15) is 0 Å². The van der Waals surface area contributed by atoms with E-state index >= 15 is 0 Å². The van der Waals surface area contributed by atoms with Gasteiger partial charge in [0.1, 0.15) is 5.75 Å². The Morgan fingerprint density at radius 1 is 1.42 bits per heavy atom. The molecule has 0 unspecified atom stereocenters.